The zero-order valence-corrected chi connectivity index (χ0v) is 11.0. The van der Waals surface area contributed by atoms with E-state index in [0.717, 1.165) is 23.8 Å². The zero-order chi connectivity index (χ0) is 13.1. The van der Waals surface area contributed by atoms with E-state index in [1.54, 1.807) is 0 Å². The minimum Gasteiger partial charge on any atom is -0.384 e. The summed E-state index contributed by atoms with van der Waals surface area (Å²) in [5.41, 5.74) is 2.17. The van der Waals surface area contributed by atoms with E-state index in [4.69, 9.17) is 4.74 Å². The first kappa shape index (κ1) is 12.5. The maximum Gasteiger partial charge on any atom is 0.229 e. The third-order valence-electron chi connectivity index (χ3n) is 3.75. The predicted molar refractivity (Wildman–Crippen MR) is 74.2 cm³/mol. The summed E-state index contributed by atoms with van der Waals surface area (Å²) >= 11 is 0. The molecule has 1 amide bonds. The quantitative estimate of drug-likeness (QED) is 0.766. The van der Waals surface area contributed by atoms with Crippen molar-refractivity contribution in [2.24, 2.45) is 5.92 Å². The summed E-state index contributed by atoms with van der Waals surface area (Å²) in [7, 11) is 0. The van der Waals surface area contributed by atoms with Gasteiger partial charge in [0.2, 0.25) is 5.91 Å². The molecule has 1 fully saturated rings. The van der Waals surface area contributed by atoms with Crippen molar-refractivity contribution in [3.8, 4) is 0 Å². The molecule has 1 aliphatic heterocycles. The molecule has 102 valence electrons. The first-order chi connectivity index (χ1) is 9.34. The fourth-order valence-electron chi connectivity index (χ4n) is 2.42. The van der Waals surface area contributed by atoms with Crippen LogP contribution in [0, 0.1) is 5.92 Å². The maximum atomic E-state index is 12.1. The molecular weight excluding hydrogens is 240 g/mol. The number of nitrogens with one attached hydrogen (secondary N) is 2. The topological polar surface area (TPSA) is 50.4 Å². The number of para-hydroxylation sites is 1. The van der Waals surface area contributed by atoms with Gasteiger partial charge in [-0.1, -0.05) is 18.2 Å². The number of rotatable bonds is 6. The minimum atomic E-state index is -0.0698. The van der Waals surface area contributed by atoms with Gasteiger partial charge in [-0.25, -0.2) is 0 Å². The third-order valence-corrected chi connectivity index (χ3v) is 3.75. The van der Waals surface area contributed by atoms with Crippen LogP contribution in [0.5, 0.6) is 0 Å². The Balaban J connectivity index is 1.43. The molecule has 4 nitrogen and oxygen atoms in total. The molecule has 2 N–H and O–H groups in total. The molecule has 0 bridgehead atoms. The summed E-state index contributed by atoms with van der Waals surface area (Å²) in [6.07, 6.45) is 2.60. The van der Waals surface area contributed by atoms with E-state index in [1.807, 2.05) is 24.3 Å². The Labute approximate surface area is 113 Å². The molecule has 1 heterocycles. The number of carbonyl (C=O) groups is 1. The number of hydrogen-bond acceptors (Lipinski definition) is 3. The van der Waals surface area contributed by atoms with Crippen LogP contribution in [0.4, 0.5) is 5.69 Å². The molecule has 2 aliphatic rings. The fourth-order valence-corrected chi connectivity index (χ4v) is 2.42. The first-order valence-corrected chi connectivity index (χ1v) is 7.03. The van der Waals surface area contributed by atoms with Gasteiger partial charge >= 0.3 is 0 Å². The van der Waals surface area contributed by atoms with Gasteiger partial charge in [0.25, 0.3) is 0 Å². The van der Waals surface area contributed by atoms with Gasteiger partial charge < -0.3 is 15.4 Å². The standard InChI is InChI=1S/C15H20N2O2/c18-15(16-7-8-19-10-11-5-6-11)13-9-17-14-4-2-1-3-12(13)14/h1-4,11,13,17H,5-10H2,(H,16,18). The minimum absolute atomic E-state index is 0.0698. The van der Waals surface area contributed by atoms with Crippen LogP contribution in [-0.2, 0) is 9.53 Å². The van der Waals surface area contributed by atoms with Crippen LogP contribution in [0.1, 0.15) is 24.3 Å². The summed E-state index contributed by atoms with van der Waals surface area (Å²) < 4.78 is 5.51. The Morgan fingerprint density at radius 1 is 1.37 bits per heavy atom. The highest BCUT2D eigenvalue weighted by molar-refractivity contribution is 5.88. The molecule has 1 atom stereocenters. The smallest absolute Gasteiger partial charge is 0.229 e. The van der Waals surface area contributed by atoms with Gasteiger partial charge in [-0.05, 0) is 30.4 Å². The van der Waals surface area contributed by atoms with E-state index in [9.17, 15) is 4.79 Å². The summed E-state index contributed by atoms with van der Waals surface area (Å²) in [4.78, 5) is 12.1. The second-order valence-electron chi connectivity index (χ2n) is 5.33. The average Bonchev–Trinajstić information content (AvgIpc) is 3.15. The van der Waals surface area contributed by atoms with Crippen molar-refractivity contribution in [2.75, 3.05) is 31.6 Å². The Bertz CT molecular complexity index is 457. The lowest BCUT2D eigenvalue weighted by molar-refractivity contribution is -0.122. The van der Waals surface area contributed by atoms with Gasteiger partial charge in [0.05, 0.1) is 12.5 Å². The largest absolute Gasteiger partial charge is 0.384 e. The van der Waals surface area contributed by atoms with Crippen LogP contribution in [0.2, 0.25) is 0 Å². The van der Waals surface area contributed by atoms with Crippen molar-refractivity contribution in [1.82, 2.24) is 5.32 Å². The van der Waals surface area contributed by atoms with E-state index in [-0.39, 0.29) is 11.8 Å². The molecule has 0 aromatic heterocycles. The Morgan fingerprint density at radius 3 is 3.05 bits per heavy atom. The van der Waals surface area contributed by atoms with Gasteiger partial charge in [0, 0.05) is 25.4 Å². The number of anilines is 1. The molecular formula is C15H20N2O2. The fraction of sp³-hybridized carbons (Fsp3) is 0.533. The van der Waals surface area contributed by atoms with Crippen LogP contribution in [-0.4, -0.2) is 32.2 Å². The van der Waals surface area contributed by atoms with E-state index in [2.05, 4.69) is 10.6 Å². The highest BCUT2D eigenvalue weighted by atomic mass is 16.5. The Hall–Kier alpha value is -1.55. The van der Waals surface area contributed by atoms with E-state index < -0.39 is 0 Å². The molecule has 4 heteroatoms. The van der Waals surface area contributed by atoms with Crippen LogP contribution in [0.3, 0.4) is 0 Å². The van der Waals surface area contributed by atoms with Gasteiger partial charge in [-0.3, -0.25) is 4.79 Å². The number of benzene rings is 1. The zero-order valence-electron chi connectivity index (χ0n) is 11.0. The Morgan fingerprint density at radius 2 is 2.21 bits per heavy atom. The number of amides is 1. The summed E-state index contributed by atoms with van der Waals surface area (Å²) in [6.45, 7) is 2.76. The molecule has 0 radical (unpaired) electrons. The third kappa shape index (κ3) is 3.07. The molecule has 0 saturated heterocycles. The molecule has 3 rings (SSSR count). The van der Waals surface area contributed by atoms with Gasteiger partial charge in [0.1, 0.15) is 0 Å². The van der Waals surface area contributed by atoms with Crippen molar-refractivity contribution in [2.45, 2.75) is 18.8 Å². The Kier molecular flexibility index (Phi) is 3.69. The summed E-state index contributed by atoms with van der Waals surface area (Å²) in [5.74, 6) is 0.800. The normalized spacial score (nSPS) is 20.7. The lowest BCUT2D eigenvalue weighted by Crippen LogP contribution is -2.33. The average molecular weight is 260 g/mol. The van der Waals surface area contributed by atoms with Crippen LogP contribution in [0.15, 0.2) is 24.3 Å². The number of ether oxygens (including phenoxy) is 1. The SMILES string of the molecule is O=C(NCCOCC1CC1)C1CNc2ccccc21. The molecule has 19 heavy (non-hydrogen) atoms. The van der Waals surface area contributed by atoms with Crippen molar-refractivity contribution >= 4 is 11.6 Å². The maximum absolute atomic E-state index is 12.1. The monoisotopic (exact) mass is 260 g/mol. The molecule has 0 spiro atoms. The molecule has 1 aromatic rings. The van der Waals surface area contributed by atoms with Crippen LogP contribution >= 0.6 is 0 Å². The van der Waals surface area contributed by atoms with E-state index in [0.29, 0.717) is 19.7 Å². The second-order valence-corrected chi connectivity index (χ2v) is 5.33. The number of hydrogen-bond donors (Lipinski definition) is 2. The number of carbonyl (C=O) groups excluding carboxylic acids is 1. The van der Waals surface area contributed by atoms with Crippen LogP contribution in [0.25, 0.3) is 0 Å². The van der Waals surface area contributed by atoms with Gasteiger partial charge in [-0.2, -0.15) is 0 Å². The highest BCUT2D eigenvalue weighted by Gasteiger charge is 2.27. The molecule has 1 aliphatic carbocycles. The summed E-state index contributed by atoms with van der Waals surface area (Å²) in [5, 5.41) is 6.22. The van der Waals surface area contributed by atoms with Crippen molar-refractivity contribution in [3.63, 3.8) is 0 Å². The lowest BCUT2D eigenvalue weighted by Gasteiger charge is -2.11. The van der Waals surface area contributed by atoms with Crippen molar-refractivity contribution in [3.05, 3.63) is 29.8 Å². The van der Waals surface area contributed by atoms with Crippen molar-refractivity contribution in [1.29, 1.82) is 0 Å². The van der Waals surface area contributed by atoms with Gasteiger partial charge in [-0.15, -0.1) is 0 Å². The van der Waals surface area contributed by atoms with Crippen LogP contribution < -0.4 is 10.6 Å². The predicted octanol–water partition coefficient (Wildman–Crippen LogP) is 1.74. The lowest BCUT2D eigenvalue weighted by atomic mass is 10.0. The van der Waals surface area contributed by atoms with Gasteiger partial charge in [0.15, 0.2) is 0 Å². The highest BCUT2D eigenvalue weighted by Crippen LogP contribution is 2.31. The summed E-state index contributed by atoms with van der Waals surface area (Å²) in [6, 6.07) is 7.99. The molecule has 1 aromatic carbocycles. The number of fused-ring (bicyclic) bond motifs is 1. The van der Waals surface area contributed by atoms with Crippen molar-refractivity contribution < 1.29 is 9.53 Å². The van der Waals surface area contributed by atoms with E-state index >= 15 is 0 Å². The van der Waals surface area contributed by atoms with E-state index in [1.165, 1.54) is 12.8 Å². The first-order valence-electron chi connectivity index (χ1n) is 7.03. The molecule has 1 unspecified atom stereocenters. The second kappa shape index (κ2) is 5.61. The molecule has 1 saturated carbocycles.